The van der Waals surface area contributed by atoms with Gasteiger partial charge in [0, 0.05) is 36.3 Å². The first-order valence-electron chi connectivity index (χ1n) is 7.37. The summed E-state index contributed by atoms with van der Waals surface area (Å²) in [6.45, 7) is 0. The van der Waals surface area contributed by atoms with Gasteiger partial charge in [-0.25, -0.2) is 8.42 Å². The van der Waals surface area contributed by atoms with Crippen LogP contribution in [0.25, 0.3) is 10.9 Å². The van der Waals surface area contributed by atoms with Crippen LogP contribution in [0.2, 0.25) is 10.0 Å². The number of aromatic nitrogens is 3. The van der Waals surface area contributed by atoms with E-state index >= 15 is 0 Å². The Hall–Kier alpha value is -1.70. The Morgan fingerprint density at radius 2 is 2.00 bits per heavy atom. The number of aromatic amines is 1. The fourth-order valence-electron chi connectivity index (χ4n) is 2.76. The normalized spacial score (nSPS) is 15.1. The van der Waals surface area contributed by atoms with Gasteiger partial charge in [0.1, 0.15) is 4.90 Å². The molecule has 2 aromatic heterocycles. The van der Waals surface area contributed by atoms with Gasteiger partial charge in [-0.3, -0.25) is 9.40 Å². The van der Waals surface area contributed by atoms with Gasteiger partial charge in [-0.1, -0.05) is 23.2 Å². The molecule has 0 radical (unpaired) electrons. The molecule has 6 nitrogen and oxygen atoms in total. The number of anilines is 1. The van der Waals surface area contributed by atoms with Crippen LogP contribution in [0.4, 0.5) is 5.69 Å². The van der Waals surface area contributed by atoms with Crippen LogP contribution in [-0.2, 0) is 17.1 Å². The third kappa shape index (κ3) is 2.66. The number of H-pyrrole nitrogens is 1. The molecule has 1 aromatic carbocycles. The molecule has 0 aliphatic heterocycles. The molecule has 1 aliphatic rings. The lowest BCUT2D eigenvalue weighted by Crippen LogP contribution is -2.13. The maximum atomic E-state index is 12.8. The van der Waals surface area contributed by atoms with E-state index in [2.05, 4.69) is 14.8 Å². The molecule has 0 atom stereocenters. The molecule has 1 aliphatic carbocycles. The summed E-state index contributed by atoms with van der Waals surface area (Å²) in [6.07, 6.45) is 5.19. The predicted octanol–water partition coefficient (Wildman–Crippen LogP) is 3.89. The summed E-state index contributed by atoms with van der Waals surface area (Å²) in [5.41, 5.74) is 1.93. The predicted molar refractivity (Wildman–Crippen MR) is 94.3 cm³/mol. The van der Waals surface area contributed by atoms with Crippen LogP contribution in [0.5, 0.6) is 0 Å². The molecule has 2 N–H and O–H groups in total. The molecule has 1 saturated carbocycles. The van der Waals surface area contributed by atoms with Gasteiger partial charge in [0.15, 0.2) is 0 Å². The first-order chi connectivity index (χ1) is 11.3. The third-order valence-corrected chi connectivity index (χ3v) is 6.17. The van der Waals surface area contributed by atoms with E-state index in [0.717, 1.165) is 18.5 Å². The summed E-state index contributed by atoms with van der Waals surface area (Å²) in [4.78, 5) is 3.05. The van der Waals surface area contributed by atoms with Crippen molar-refractivity contribution >= 4 is 49.8 Å². The monoisotopic (exact) mass is 384 g/mol. The SMILES string of the molecule is Cn1cc(NS(=O)(=O)c2c[nH]c3cc(Cl)c(Cl)cc23)c(C2CC2)n1. The van der Waals surface area contributed by atoms with Crippen molar-refractivity contribution in [1.29, 1.82) is 0 Å². The summed E-state index contributed by atoms with van der Waals surface area (Å²) in [5.74, 6) is 0.333. The number of nitrogens with one attached hydrogen (secondary N) is 2. The van der Waals surface area contributed by atoms with Crippen LogP contribution >= 0.6 is 23.2 Å². The van der Waals surface area contributed by atoms with Crippen molar-refractivity contribution in [3.8, 4) is 0 Å². The number of aryl methyl sites for hydroxylation is 1. The number of nitrogens with zero attached hydrogens (tertiary/aromatic N) is 2. The molecule has 9 heteroatoms. The molecule has 0 amide bonds. The first-order valence-corrected chi connectivity index (χ1v) is 9.61. The van der Waals surface area contributed by atoms with E-state index in [1.165, 1.54) is 6.20 Å². The van der Waals surface area contributed by atoms with Crippen LogP contribution in [0.3, 0.4) is 0 Å². The minimum absolute atomic E-state index is 0.127. The Labute approximate surface area is 148 Å². The average molecular weight is 385 g/mol. The Morgan fingerprint density at radius 1 is 1.29 bits per heavy atom. The number of benzene rings is 1. The van der Waals surface area contributed by atoms with Gasteiger partial charge in [-0.05, 0) is 25.0 Å². The minimum atomic E-state index is -3.78. The van der Waals surface area contributed by atoms with Crippen LogP contribution in [0.1, 0.15) is 24.5 Å². The van der Waals surface area contributed by atoms with Crippen molar-refractivity contribution in [2.75, 3.05) is 4.72 Å². The number of hydrogen-bond donors (Lipinski definition) is 2. The minimum Gasteiger partial charge on any atom is -0.360 e. The van der Waals surface area contributed by atoms with E-state index in [1.54, 1.807) is 30.1 Å². The Balaban J connectivity index is 1.77. The van der Waals surface area contributed by atoms with Crippen LogP contribution in [0.15, 0.2) is 29.4 Å². The highest BCUT2D eigenvalue weighted by molar-refractivity contribution is 7.93. The molecular weight excluding hydrogens is 371 g/mol. The lowest BCUT2D eigenvalue weighted by Gasteiger charge is -2.07. The molecule has 126 valence electrons. The highest BCUT2D eigenvalue weighted by Gasteiger charge is 2.31. The molecule has 3 aromatic rings. The smallest absolute Gasteiger partial charge is 0.264 e. The van der Waals surface area contributed by atoms with Gasteiger partial charge in [-0.2, -0.15) is 5.10 Å². The summed E-state index contributed by atoms with van der Waals surface area (Å²) in [5, 5.41) is 5.54. The maximum absolute atomic E-state index is 12.8. The largest absolute Gasteiger partial charge is 0.360 e. The summed E-state index contributed by atoms with van der Waals surface area (Å²) in [7, 11) is -2.00. The van der Waals surface area contributed by atoms with E-state index in [1.807, 2.05) is 0 Å². The van der Waals surface area contributed by atoms with Crippen molar-refractivity contribution in [2.24, 2.45) is 7.05 Å². The zero-order valence-corrected chi connectivity index (χ0v) is 15.0. The van der Waals surface area contributed by atoms with Crippen molar-refractivity contribution in [3.05, 3.63) is 40.3 Å². The molecule has 0 bridgehead atoms. The number of halogens is 2. The van der Waals surface area contributed by atoms with Crippen LogP contribution < -0.4 is 4.72 Å². The van der Waals surface area contributed by atoms with E-state index in [9.17, 15) is 8.42 Å². The van der Waals surface area contributed by atoms with Gasteiger partial charge < -0.3 is 4.98 Å². The number of sulfonamides is 1. The van der Waals surface area contributed by atoms with Crippen LogP contribution in [-0.4, -0.2) is 23.2 Å². The fraction of sp³-hybridized carbons (Fsp3) is 0.267. The van der Waals surface area contributed by atoms with Gasteiger partial charge >= 0.3 is 0 Å². The van der Waals surface area contributed by atoms with Crippen molar-refractivity contribution in [3.63, 3.8) is 0 Å². The lowest BCUT2D eigenvalue weighted by molar-refractivity contribution is 0.602. The summed E-state index contributed by atoms with van der Waals surface area (Å²) < 4.78 is 29.9. The molecule has 2 heterocycles. The van der Waals surface area contributed by atoms with Gasteiger partial charge in [0.05, 0.1) is 21.4 Å². The average Bonchev–Trinajstić information content (AvgIpc) is 3.16. The summed E-state index contributed by atoms with van der Waals surface area (Å²) >= 11 is 12.0. The third-order valence-electron chi connectivity index (χ3n) is 4.04. The Bertz CT molecular complexity index is 1050. The van der Waals surface area contributed by atoms with E-state index in [-0.39, 0.29) is 4.90 Å². The van der Waals surface area contributed by atoms with Crippen molar-refractivity contribution in [2.45, 2.75) is 23.7 Å². The van der Waals surface area contributed by atoms with Crippen molar-refractivity contribution < 1.29 is 8.42 Å². The Kier molecular flexibility index (Phi) is 3.56. The molecule has 24 heavy (non-hydrogen) atoms. The zero-order chi connectivity index (χ0) is 17.1. The quantitative estimate of drug-likeness (QED) is 0.715. The molecular formula is C15H14Cl2N4O2S. The second-order valence-electron chi connectivity index (χ2n) is 5.95. The lowest BCUT2D eigenvalue weighted by atomic mass is 10.2. The second kappa shape index (κ2) is 5.40. The molecule has 4 rings (SSSR count). The maximum Gasteiger partial charge on any atom is 0.264 e. The second-order valence-corrected chi connectivity index (χ2v) is 8.41. The zero-order valence-electron chi connectivity index (χ0n) is 12.7. The standard InChI is InChI=1S/C15H14Cl2N4O2S/c1-21-7-13(15(19-21)8-2-3-8)20-24(22,23)14-6-18-12-5-11(17)10(16)4-9(12)14/h4-8,18,20H,2-3H2,1H3. The molecule has 0 saturated heterocycles. The number of rotatable bonds is 4. The molecule has 1 fully saturated rings. The van der Waals surface area contributed by atoms with Gasteiger partial charge in [0.25, 0.3) is 10.0 Å². The Morgan fingerprint density at radius 3 is 2.71 bits per heavy atom. The van der Waals surface area contributed by atoms with Crippen LogP contribution in [0, 0.1) is 0 Å². The van der Waals surface area contributed by atoms with Gasteiger partial charge in [-0.15, -0.1) is 0 Å². The first kappa shape index (κ1) is 15.8. The highest BCUT2D eigenvalue weighted by Crippen LogP contribution is 2.43. The van der Waals surface area contributed by atoms with E-state index < -0.39 is 10.0 Å². The van der Waals surface area contributed by atoms with E-state index in [4.69, 9.17) is 23.2 Å². The van der Waals surface area contributed by atoms with Gasteiger partial charge in [0.2, 0.25) is 0 Å². The van der Waals surface area contributed by atoms with E-state index in [0.29, 0.717) is 32.6 Å². The molecule has 0 unspecified atom stereocenters. The number of hydrogen-bond acceptors (Lipinski definition) is 3. The fourth-order valence-corrected chi connectivity index (χ4v) is 4.31. The number of fused-ring (bicyclic) bond motifs is 1. The summed E-state index contributed by atoms with van der Waals surface area (Å²) in [6, 6.07) is 3.16. The molecule has 0 spiro atoms. The topological polar surface area (TPSA) is 79.8 Å². The highest BCUT2D eigenvalue weighted by atomic mass is 35.5. The van der Waals surface area contributed by atoms with Crippen molar-refractivity contribution in [1.82, 2.24) is 14.8 Å².